The average molecular weight is 317 g/mol. The first-order chi connectivity index (χ1) is 10.9. The first-order valence-corrected chi connectivity index (χ1v) is 7.73. The molecule has 2 aliphatic rings. The molecule has 9 nitrogen and oxygen atoms in total. The van der Waals surface area contributed by atoms with Crippen LogP contribution in [0.1, 0.15) is 26.7 Å². The second kappa shape index (κ2) is 4.54. The lowest BCUT2D eigenvalue weighted by Crippen LogP contribution is -2.57. The molecule has 2 aliphatic heterocycles. The summed E-state index contributed by atoms with van der Waals surface area (Å²) in [6.07, 6.45) is 1.12. The van der Waals surface area contributed by atoms with Gasteiger partial charge in [-0.3, -0.25) is 14.8 Å². The van der Waals surface area contributed by atoms with Gasteiger partial charge < -0.3 is 15.7 Å². The third kappa shape index (κ3) is 1.96. The van der Waals surface area contributed by atoms with Crippen molar-refractivity contribution in [2.24, 2.45) is 0 Å². The number of aliphatic hydroxyl groups is 1. The zero-order chi connectivity index (χ0) is 16.4. The number of hydrogen-bond acceptors (Lipinski definition) is 7. The summed E-state index contributed by atoms with van der Waals surface area (Å²) in [4.78, 5) is 25.0. The molecule has 0 saturated carbocycles. The van der Waals surface area contributed by atoms with Gasteiger partial charge in [0.2, 0.25) is 5.95 Å². The second-order valence-electron chi connectivity index (χ2n) is 6.44. The minimum Gasteiger partial charge on any atom is -0.388 e. The summed E-state index contributed by atoms with van der Waals surface area (Å²) >= 11 is 0. The number of piperidine rings is 1. The summed E-state index contributed by atoms with van der Waals surface area (Å²) in [5.74, 6) is 1.17. The molecule has 122 valence electrons. The number of carbonyl (C=O) groups excluding carboxylic acids is 1. The predicted molar refractivity (Wildman–Crippen MR) is 85.1 cm³/mol. The fraction of sp³-hybridized carbons (Fsp3) is 0.571. The Labute approximate surface area is 132 Å². The number of aromatic amines is 1. The van der Waals surface area contributed by atoms with Crippen molar-refractivity contribution in [2.75, 3.05) is 28.6 Å². The van der Waals surface area contributed by atoms with Gasteiger partial charge in [0.1, 0.15) is 17.2 Å². The number of aromatic nitrogens is 4. The van der Waals surface area contributed by atoms with E-state index in [2.05, 4.69) is 20.2 Å². The lowest BCUT2D eigenvalue weighted by Gasteiger charge is -2.42. The SMILES string of the molecule is CCN1C(=O)C2CCC(C)(O)CN2c2nc(N)nc3[nH]nc1c23. The van der Waals surface area contributed by atoms with Crippen molar-refractivity contribution in [2.45, 2.75) is 38.3 Å². The summed E-state index contributed by atoms with van der Waals surface area (Å²) in [6, 6.07) is -0.373. The number of nitrogens with zero attached hydrogens (tertiary/aromatic N) is 5. The number of nitrogens with one attached hydrogen (secondary N) is 1. The highest BCUT2D eigenvalue weighted by atomic mass is 16.3. The number of carbonyl (C=O) groups is 1. The second-order valence-corrected chi connectivity index (χ2v) is 6.44. The highest BCUT2D eigenvalue weighted by Gasteiger charge is 2.44. The van der Waals surface area contributed by atoms with Crippen molar-refractivity contribution in [3.05, 3.63) is 0 Å². The monoisotopic (exact) mass is 317 g/mol. The molecule has 0 spiro atoms. The average Bonchev–Trinajstić information content (AvgIpc) is 2.86. The molecule has 0 bridgehead atoms. The zero-order valence-electron chi connectivity index (χ0n) is 13.1. The minimum atomic E-state index is -0.881. The lowest BCUT2D eigenvalue weighted by molar-refractivity contribution is -0.121. The third-order valence-corrected chi connectivity index (χ3v) is 4.64. The van der Waals surface area contributed by atoms with E-state index in [4.69, 9.17) is 5.73 Å². The molecule has 2 unspecified atom stereocenters. The van der Waals surface area contributed by atoms with Crippen molar-refractivity contribution in [3.63, 3.8) is 0 Å². The number of nitrogens with two attached hydrogens (primary N) is 1. The maximum Gasteiger partial charge on any atom is 0.250 e. The lowest BCUT2D eigenvalue weighted by atomic mass is 9.89. The topological polar surface area (TPSA) is 124 Å². The summed E-state index contributed by atoms with van der Waals surface area (Å²) in [6.45, 7) is 4.50. The van der Waals surface area contributed by atoms with Gasteiger partial charge in [-0.2, -0.15) is 15.1 Å². The van der Waals surface area contributed by atoms with E-state index < -0.39 is 5.60 Å². The summed E-state index contributed by atoms with van der Waals surface area (Å²) in [7, 11) is 0. The van der Waals surface area contributed by atoms with Gasteiger partial charge in [0.15, 0.2) is 11.5 Å². The zero-order valence-corrected chi connectivity index (χ0v) is 13.1. The fourth-order valence-electron chi connectivity index (χ4n) is 3.55. The Kier molecular flexibility index (Phi) is 2.80. The van der Waals surface area contributed by atoms with E-state index in [1.807, 2.05) is 11.8 Å². The number of rotatable bonds is 1. The maximum atomic E-state index is 13.0. The normalized spacial score (nSPS) is 27.3. The van der Waals surface area contributed by atoms with Crippen molar-refractivity contribution >= 4 is 34.5 Å². The van der Waals surface area contributed by atoms with Crippen molar-refractivity contribution < 1.29 is 9.90 Å². The molecule has 2 aromatic heterocycles. The van der Waals surface area contributed by atoms with Gasteiger partial charge in [-0.25, -0.2) is 0 Å². The Morgan fingerprint density at radius 2 is 2.22 bits per heavy atom. The Bertz CT molecular complexity index is 800. The maximum absolute atomic E-state index is 13.0. The molecule has 0 aromatic carbocycles. The summed E-state index contributed by atoms with van der Waals surface area (Å²) < 4.78 is 0. The van der Waals surface area contributed by atoms with E-state index in [-0.39, 0.29) is 17.9 Å². The van der Waals surface area contributed by atoms with Crippen LogP contribution in [0.5, 0.6) is 0 Å². The quantitative estimate of drug-likeness (QED) is 0.677. The van der Waals surface area contributed by atoms with E-state index in [0.29, 0.717) is 48.6 Å². The first kappa shape index (κ1) is 14.2. The highest BCUT2D eigenvalue weighted by Crippen LogP contribution is 2.40. The predicted octanol–water partition coefficient (Wildman–Crippen LogP) is 0.0214. The van der Waals surface area contributed by atoms with E-state index in [1.54, 1.807) is 11.8 Å². The molecule has 4 heterocycles. The van der Waals surface area contributed by atoms with E-state index >= 15 is 0 Å². The smallest absolute Gasteiger partial charge is 0.250 e. The number of likely N-dealkylation sites (N-methyl/N-ethyl adjacent to an activating group) is 1. The molecule has 9 heteroatoms. The number of fused-ring (bicyclic) bond motifs is 2. The molecule has 1 amide bonds. The molecule has 1 fully saturated rings. The fourth-order valence-corrected chi connectivity index (χ4v) is 3.55. The molecule has 1 saturated heterocycles. The molecule has 23 heavy (non-hydrogen) atoms. The Hall–Kier alpha value is -2.42. The van der Waals surface area contributed by atoms with Crippen LogP contribution in [0.2, 0.25) is 0 Å². The van der Waals surface area contributed by atoms with Gasteiger partial charge >= 0.3 is 0 Å². The van der Waals surface area contributed by atoms with Crippen molar-refractivity contribution in [3.8, 4) is 0 Å². The molecule has 2 atom stereocenters. The van der Waals surface area contributed by atoms with Crippen LogP contribution in [-0.2, 0) is 4.79 Å². The number of anilines is 3. The van der Waals surface area contributed by atoms with Crippen molar-refractivity contribution in [1.82, 2.24) is 20.2 Å². The highest BCUT2D eigenvalue weighted by molar-refractivity contribution is 6.10. The summed E-state index contributed by atoms with van der Waals surface area (Å²) in [5, 5.41) is 18.2. The first-order valence-electron chi connectivity index (χ1n) is 7.73. The van der Waals surface area contributed by atoms with Crippen LogP contribution >= 0.6 is 0 Å². The number of hydrogen-bond donors (Lipinski definition) is 3. The van der Waals surface area contributed by atoms with Gasteiger partial charge in [0.25, 0.3) is 5.91 Å². The number of nitrogen functional groups attached to an aromatic ring is 1. The van der Waals surface area contributed by atoms with Crippen molar-refractivity contribution in [1.29, 1.82) is 0 Å². The molecular weight excluding hydrogens is 298 g/mol. The van der Waals surface area contributed by atoms with Crippen LogP contribution in [0.3, 0.4) is 0 Å². The number of H-pyrrole nitrogens is 1. The standard InChI is InChI=1S/C14H19N7O2/c1-3-20-11-8-9(18-19-11)16-13(15)17-10(8)21-6-14(2,23)5-4-7(21)12(20)22/h7,23H,3-6H2,1-2H3,(H3,15,16,17,18,19). The Morgan fingerprint density at radius 1 is 1.43 bits per heavy atom. The Morgan fingerprint density at radius 3 is 2.96 bits per heavy atom. The van der Waals surface area contributed by atoms with Gasteiger partial charge in [-0.15, -0.1) is 0 Å². The van der Waals surface area contributed by atoms with Crippen LogP contribution in [0.25, 0.3) is 11.0 Å². The largest absolute Gasteiger partial charge is 0.388 e. The molecule has 4 rings (SSSR count). The van der Waals surface area contributed by atoms with Crippen LogP contribution < -0.4 is 15.5 Å². The van der Waals surface area contributed by atoms with Crippen LogP contribution in [-0.4, -0.2) is 55.9 Å². The molecule has 0 radical (unpaired) electrons. The molecule has 2 aromatic rings. The van der Waals surface area contributed by atoms with Gasteiger partial charge in [-0.05, 0) is 26.7 Å². The van der Waals surface area contributed by atoms with Crippen LogP contribution in [0.4, 0.5) is 17.6 Å². The summed E-state index contributed by atoms with van der Waals surface area (Å²) in [5.41, 5.74) is 5.44. The Balaban J connectivity index is 2.00. The van der Waals surface area contributed by atoms with Crippen LogP contribution in [0.15, 0.2) is 0 Å². The van der Waals surface area contributed by atoms with E-state index in [1.165, 1.54) is 0 Å². The van der Waals surface area contributed by atoms with E-state index in [0.717, 1.165) is 0 Å². The molecule has 4 N–H and O–H groups in total. The van der Waals surface area contributed by atoms with E-state index in [9.17, 15) is 9.90 Å². The molecular formula is C14H19N7O2. The molecule has 0 aliphatic carbocycles. The van der Waals surface area contributed by atoms with Gasteiger partial charge in [0.05, 0.1) is 5.60 Å². The third-order valence-electron chi connectivity index (χ3n) is 4.64. The van der Waals surface area contributed by atoms with Gasteiger partial charge in [0, 0.05) is 13.1 Å². The number of amides is 1. The minimum absolute atomic E-state index is 0.0343. The van der Waals surface area contributed by atoms with Gasteiger partial charge in [-0.1, -0.05) is 0 Å². The van der Waals surface area contributed by atoms with Crippen LogP contribution in [0, 0.1) is 0 Å².